The Kier molecular flexibility index (Phi) is 3.29. The summed E-state index contributed by atoms with van der Waals surface area (Å²) in [5.74, 6) is -0.347. The maximum Gasteiger partial charge on any atom is 0.148 e. The molecular formula is C12H17FN2O. The van der Waals surface area contributed by atoms with Gasteiger partial charge < -0.3 is 15.4 Å². The van der Waals surface area contributed by atoms with Gasteiger partial charge in [0.1, 0.15) is 5.82 Å². The van der Waals surface area contributed by atoms with Crippen molar-refractivity contribution in [1.29, 1.82) is 0 Å². The molecule has 1 fully saturated rings. The van der Waals surface area contributed by atoms with Crippen LogP contribution in [-0.4, -0.2) is 26.3 Å². The molecule has 1 aliphatic carbocycles. The van der Waals surface area contributed by atoms with E-state index in [2.05, 4.69) is 4.90 Å². The van der Waals surface area contributed by atoms with E-state index in [4.69, 9.17) is 10.5 Å². The SMILES string of the molecule is COCCN(c1cccc(F)c1N)C1CC1. The second-order valence-corrected chi connectivity index (χ2v) is 4.09. The van der Waals surface area contributed by atoms with Crippen molar-refractivity contribution in [2.24, 2.45) is 0 Å². The number of nitrogens with zero attached hydrogens (tertiary/aromatic N) is 1. The van der Waals surface area contributed by atoms with Gasteiger partial charge in [-0.05, 0) is 25.0 Å². The average Bonchev–Trinajstić information content (AvgIpc) is 3.08. The van der Waals surface area contributed by atoms with Gasteiger partial charge >= 0.3 is 0 Å². The second-order valence-electron chi connectivity index (χ2n) is 4.09. The lowest BCUT2D eigenvalue weighted by Gasteiger charge is -2.25. The lowest BCUT2D eigenvalue weighted by atomic mass is 10.2. The van der Waals surface area contributed by atoms with E-state index in [-0.39, 0.29) is 11.5 Å². The summed E-state index contributed by atoms with van der Waals surface area (Å²) in [5.41, 5.74) is 6.80. The molecule has 0 heterocycles. The number of rotatable bonds is 5. The number of methoxy groups -OCH3 is 1. The predicted octanol–water partition coefficient (Wildman–Crippen LogP) is 2.02. The first-order valence-electron chi connectivity index (χ1n) is 5.53. The summed E-state index contributed by atoms with van der Waals surface area (Å²) in [6.45, 7) is 1.39. The number of hydrogen-bond acceptors (Lipinski definition) is 3. The molecule has 0 spiro atoms. The topological polar surface area (TPSA) is 38.5 Å². The van der Waals surface area contributed by atoms with Gasteiger partial charge in [0.25, 0.3) is 0 Å². The molecule has 0 atom stereocenters. The van der Waals surface area contributed by atoms with Crippen LogP contribution in [0.4, 0.5) is 15.8 Å². The summed E-state index contributed by atoms with van der Waals surface area (Å²) in [6, 6.07) is 5.45. The molecule has 1 aromatic rings. The van der Waals surface area contributed by atoms with Crippen LogP contribution in [0.15, 0.2) is 18.2 Å². The van der Waals surface area contributed by atoms with E-state index in [1.54, 1.807) is 13.2 Å². The van der Waals surface area contributed by atoms with Gasteiger partial charge in [-0.15, -0.1) is 0 Å². The van der Waals surface area contributed by atoms with Crippen molar-refractivity contribution < 1.29 is 9.13 Å². The van der Waals surface area contributed by atoms with E-state index in [0.717, 1.165) is 25.1 Å². The molecule has 0 radical (unpaired) electrons. The largest absolute Gasteiger partial charge is 0.395 e. The van der Waals surface area contributed by atoms with Crippen molar-refractivity contribution in [2.75, 3.05) is 30.9 Å². The van der Waals surface area contributed by atoms with Gasteiger partial charge in [0.2, 0.25) is 0 Å². The third-order valence-corrected chi connectivity index (χ3v) is 2.86. The van der Waals surface area contributed by atoms with Gasteiger partial charge in [0.05, 0.1) is 18.0 Å². The first-order chi connectivity index (χ1) is 7.74. The standard InChI is InChI=1S/C12H17FN2O/c1-16-8-7-15(9-5-6-9)11-4-2-3-10(13)12(11)14/h2-4,9H,5-8,14H2,1H3. The molecule has 88 valence electrons. The van der Waals surface area contributed by atoms with Crippen LogP contribution in [0.3, 0.4) is 0 Å². The smallest absolute Gasteiger partial charge is 0.148 e. The Balaban J connectivity index is 2.20. The molecule has 16 heavy (non-hydrogen) atoms. The predicted molar refractivity (Wildman–Crippen MR) is 63.1 cm³/mol. The molecule has 1 aromatic carbocycles. The Morgan fingerprint density at radius 3 is 2.88 bits per heavy atom. The first kappa shape index (κ1) is 11.2. The van der Waals surface area contributed by atoms with Crippen LogP contribution < -0.4 is 10.6 Å². The highest BCUT2D eigenvalue weighted by atomic mass is 19.1. The highest BCUT2D eigenvalue weighted by Gasteiger charge is 2.30. The van der Waals surface area contributed by atoms with Crippen LogP contribution in [0.5, 0.6) is 0 Å². The molecule has 0 unspecified atom stereocenters. The van der Waals surface area contributed by atoms with Crippen molar-refractivity contribution in [3.8, 4) is 0 Å². The van der Waals surface area contributed by atoms with Gasteiger partial charge in [-0.3, -0.25) is 0 Å². The fourth-order valence-corrected chi connectivity index (χ4v) is 1.85. The molecule has 3 nitrogen and oxygen atoms in total. The van der Waals surface area contributed by atoms with Crippen LogP contribution in [0, 0.1) is 5.82 Å². The van der Waals surface area contributed by atoms with Gasteiger partial charge in [-0.25, -0.2) is 4.39 Å². The van der Waals surface area contributed by atoms with Crippen LogP contribution in [0.25, 0.3) is 0 Å². The van der Waals surface area contributed by atoms with E-state index in [1.807, 2.05) is 6.07 Å². The molecule has 1 saturated carbocycles. The van der Waals surface area contributed by atoms with Gasteiger partial charge in [-0.2, -0.15) is 0 Å². The quantitative estimate of drug-likeness (QED) is 0.778. The Hall–Kier alpha value is -1.29. The highest BCUT2D eigenvalue weighted by molar-refractivity contribution is 5.69. The molecule has 0 bridgehead atoms. The van der Waals surface area contributed by atoms with Crippen molar-refractivity contribution in [3.05, 3.63) is 24.0 Å². The number of hydrogen-bond donors (Lipinski definition) is 1. The van der Waals surface area contributed by atoms with Crippen molar-refractivity contribution in [1.82, 2.24) is 0 Å². The number of benzene rings is 1. The number of nitrogens with two attached hydrogens (primary N) is 1. The normalized spacial score (nSPS) is 15.1. The summed E-state index contributed by atoms with van der Waals surface area (Å²) in [4.78, 5) is 2.14. The minimum absolute atomic E-state index is 0.241. The first-order valence-corrected chi connectivity index (χ1v) is 5.53. The fraction of sp³-hybridized carbons (Fsp3) is 0.500. The van der Waals surface area contributed by atoms with E-state index in [9.17, 15) is 4.39 Å². The van der Waals surface area contributed by atoms with Gasteiger partial charge in [0, 0.05) is 19.7 Å². The highest BCUT2D eigenvalue weighted by Crippen LogP contribution is 2.35. The van der Waals surface area contributed by atoms with E-state index in [0.29, 0.717) is 12.6 Å². The van der Waals surface area contributed by atoms with Crippen molar-refractivity contribution >= 4 is 11.4 Å². The maximum absolute atomic E-state index is 13.4. The zero-order valence-corrected chi connectivity index (χ0v) is 9.45. The lowest BCUT2D eigenvalue weighted by Crippen LogP contribution is -2.30. The molecule has 2 rings (SSSR count). The molecule has 0 amide bonds. The Morgan fingerprint density at radius 1 is 1.50 bits per heavy atom. The third kappa shape index (κ3) is 2.27. The number of ether oxygens (including phenoxy) is 1. The van der Waals surface area contributed by atoms with Crippen LogP contribution >= 0.6 is 0 Å². The summed E-state index contributed by atoms with van der Waals surface area (Å²) >= 11 is 0. The monoisotopic (exact) mass is 224 g/mol. The summed E-state index contributed by atoms with van der Waals surface area (Å²) < 4.78 is 18.4. The molecule has 0 aromatic heterocycles. The Morgan fingerprint density at radius 2 is 2.25 bits per heavy atom. The maximum atomic E-state index is 13.4. The molecule has 2 N–H and O–H groups in total. The zero-order valence-electron chi connectivity index (χ0n) is 9.45. The van der Waals surface area contributed by atoms with Crippen LogP contribution in [0.1, 0.15) is 12.8 Å². The minimum atomic E-state index is -0.347. The second kappa shape index (κ2) is 4.70. The molecule has 0 aliphatic heterocycles. The van der Waals surface area contributed by atoms with Crippen LogP contribution in [0.2, 0.25) is 0 Å². The number of halogens is 1. The van der Waals surface area contributed by atoms with E-state index in [1.165, 1.54) is 6.07 Å². The van der Waals surface area contributed by atoms with Gasteiger partial charge in [0.15, 0.2) is 0 Å². The summed E-state index contributed by atoms with van der Waals surface area (Å²) in [6.07, 6.45) is 2.30. The minimum Gasteiger partial charge on any atom is -0.395 e. The molecular weight excluding hydrogens is 207 g/mol. The fourth-order valence-electron chi connectivity index (χ4n) is 1.85. The van der Waals surface area contributed by atoms with E-state index < -0.39 is 0 Å². The number of nitrogen functional groups attached to an aromatic ring is 1. The molecule has 1 aliphatic rings. The summed E-state index contributed by atoms with van der Waals surface area (Å²) in [5, 5.41) is 0. The third-order valence-electron chi connectivity index (χ3n) is 2.86. The number of para-hydroxylation sites is 1. The Bertz CT molecular complexity index is 366. The zero-order chi connectivity index (χ0) is 11.5. The molecule has 4 heteroatoms. The summed E-state index contributed by atoms with van der Waals surface area (Å²) in [7, 11) is 1.67. The van der Waals surface area contributed by atoms with Crippen LogP contribution in [-0.2, 0) is 4.74 Å². The number of anilines is 2. The van der Waals surface area contributed by atoms with Crippen molar-refractivity contribution in [2.45, 2.75) is 18.9 Å². The van der Waals surface area contributed by atoms with Gasteiger partial charge in [-0.1, -0.05) is 6.07 Å². The Labute approximate surface area is 95.0 Å². The van der Waals surface area contributed by atoms with Crippen molar-refractivity contribution in [3.63, 3.8) is 0 Å². The lowest BCUT2D eigenvalue weighted by molar-refractivity contribution is 0.205. The molecule has 0 saturated heterocycles. The van der Waals surface area contributed by atoms with E-state index >= 15 is 0 Å². The average molecular weight is 224 g/mol.